The van der Waals surface area contributed by atoms with Crippen LogP contribution in [0.25, 0.3) is 11.3 Å². The van der Waals surface area contributed by atoms with Crippen molar-refractivity contribution in [2.24, 2.45) is 0 Å². The fourth-order valence-electron chi connectivity index (χ4n) is 2.99. The second-order valence-electron chi connectivity index (χ2n) is 6.61. The van der Waals surface area contributed by atoms with Gasteiger partial charge >= 0.3 is 0 Å². The van der Waals surface area contributed by atoms with Crippen molar-refractivity contribution >= 4 is 11.7 Å². The van der Waals surface area contributed by atoms with E-state index in [-0.39, 0.29) is 12.5 Å². The summed E-state index contributed by atoms with van der Waals surface area (Å²) >= 11 is 0. The largest absolute Gasteiger partial charge is 0.396 e. The summed E-state index contributed by atoms with van der Waals surface area (Å²) in [7, 11) is 1.94. The van der Waals surface area contributed by atoms with Gasteiger partial charge in [0.25, 0.3) is 5.91 Å². The molecule has 28 heavy (non-hydrogen) atoms. The van der Waals surface area contributed by atoms with Gasteiger partial charge in [-0.1, -0.05) is 60.7 Å². The molecule has 0 aliphatic rings. The van der Waals surface area contributed by atoms with Crippen molar-refractivity contribution in [3.63, 3.8) is 0 Å². The van der Waals surface area contributed by atoms with Gasteiger partial charge in [-0.25, -0.2) is 4.98 Å². The van der Waals surface area contributed by atoms with Gasteiger partial charge in [0, 0.05) is 32.3 Å². The molecule has 0 aliphatic heterocycles. The minimum Gasteiger partial charge on any atom is -0.396 e. The van der Waals surface area contributed by atoms with Gasteiger partial charge in [-0.05, 0) is 24.1 Å². The third kappa shape index (κ3) is 4.96. The van der Waals surface area contributed by atoms with E-state index in [2.05, 4.69) is 17.4 Å². The van der Waals surface area contributed by atoms with Crippen LogP contribution in [0.15, 0.2) is 72.8 Å². The average Bonchev–Trinajstić information content (AvgIpc) is 2.74. The molecule has 0 saturated heterocycles. The van der Waals surface area contributed by atoms with Gasteiger partial charge in [-0.2, -0.15) is 0 Å². The van der Waals surface area contributed by atoms with Gasteiger partial charge in [0.1, 0.15) is 5.82 Å². The predicted octanol–water partition coefficient (Wildman–Crippen LogP) is 3.50. The number of hydrogen-bond acceptors (Lipinski definition) is 4. The summed E-state index contributed by atoms with van der Waals surface area (Å²) in [4.78, 5) is 19.5. The van der Waals surface area contributed by atoms with Gasteiger partial charge in [-0.3, -0.25) is 4.79 Å². The zero-order valence-corrected chi connectivity index (χ0v) is 16.0. The van der Waals surface area contributed by atoms with E-state index in [9.17, 15) is 4.79 Å². The monoisotopic (exact) mass is 375 g/mol. The van der Waals surface area contributed by atoms with Crippen molar-refractivity contribution in [3.8, 4) is 11.3 Å². The molecule has 5 heteroatoms. The third-order valence-corrected chi connectivity index (χ3v) is 4.43. The van der Waals surface area contributed by atoms with Crippen LogP contribution in [0.5, 0.6) is 0 Å². The van der Waals surface area contributed by atoms with Crippen LogP contribution in [-0.2, 0) is 6.54 Å². The highest BCUT2D eigenvalue weighted by atomic mass is 16.3. The van der Waals surface area contributed by atoms with Crippen molar-refractivity contribution in [1.29, 1.82) is 0 Å². The van der Waals surface area contributed by atoms with E-state index in [1.165, 1.54) is 0 Å². The number of pyridine rings is 1. The number of aromatic nitrogens is 1. The standard InChI is InChI=1S/C23H25N3O2/c1-26(17-18-9-4-2-5-10-18)22-20(23(28)24-15-8-16-27)13-14-21(25-22)19-11-6-3-7-12-19/h2-7,9-14,27H,8,15-17H2,1H3,(H,24,28). The summed E-state index contributed by atoms with van der Waals surface area (Å²) in [6.45, 7) is 1.12. The molecule has 1 aromatic heterocycles. The Balaban J connectivity index is 1.93. The molecular formula is C23H25N3O2. The number of nitrogens with one attached hydrogen (secondary N) is 1. The molecule has 2 aromatic carbocycles. The summed E-state index contributed by atoms with van der Waals surface area (Å²) in [5.74, 6) is 0.446. The van der Waals surface area contributed by atoms with Gasteiger partial charge in [0.2, 0.25) is 0 Å². The summed E-state index contributed by atoms with van der Waals surface area (Å²) < 4.78 is 0. The number of anilines is 1. The molecule has 3 rings (SSSR count). The predicted molar refractivity (Wildman–Crippen MR) is 112 cm³/mol. The summed E-state index contributed by atoms with van der Waals surface area (Å²) in [6.07, 6.45) is 0.524. The Kier molecular flexibility index (Phi) is 6.76. The van der Waals surface area contributed by atoms with E-state index in [4.69, 9.17) is 10.1 Å². The number of benzene rings is 2. The number of rotatable bonds is 8. The Bertz CT molecular complexity index is 898. The summed E-state index contributed by atoms with van der Waals surface area (Å²) in [5.41, 5.74) is 3.49. The number of carbonyl (C=O) groups is 1. The molecule has 1 amide bonds. The van der Waals surface area contributed by atoms with Crippen LogP contribution >= 0.6 is 0 Å². The number of aliphatic hydroxyl groups excluding tert-OH is 1. The van der Waals surface area contributed by atoms with Crippen molar-refractivity contribution in [1.82, 2.24) is 10.3 Å². The fourth-order valence-corrected chi connectivity index (χ4v) is 2.99. The maximum Gasteiger partial charge on any atom is 0.255 e. The normalized spacial score (nSPS) is 10.5. The van der Waals surface area contributed by atoms with Crippen molar-refractivity contribution in [2.45, 2.75) is 13.0 Å². The molecule has 2 N–H and O–H groups in total. The van der Waals surface area contributed by atoms with Gasteiger partial charge in [-0.15, -0.1) is 0 Å². The van der Waals surface area contributed by atoms with E-state index < -0.39 is 0 Å². The lowest BCUT2D eigenvalue weighted by molar-refractivity contribution is 0.0951. The molecular weight excluding hydrogens is 350 g/mol. The minimum absolute atomic E-state index is 0.0479. The molecule has 144 valence electrons. The first-order chi connectivity index (χ1) is 13.7. The molecule has 3 aromatic rings. The Morgan fingerprint density at radius 3 is 2.36 bits per heavy atom. The average molecular weight is 375 g/mol. The number of amides is 1. The minimum atomic E-state index is -0.185. The van der Waals surface area contributed by atoms with Crippen LogP contribution in [0.3, 0.4) is 0 Å². The van der Waals surface area contributed by atoms with E-state index >= 15 is 0 Å². The zero-order chi connectivity index (χ0) is 19.8. The maximum absolute atomic E-state index is 12.7. The SMILES string of the molecule is CN(Cc1ccccc1)c1nc(-c2ccccc2)ccc1C(=O)NCCCO. The first-order valence-corrected chi connectivity index (χ1v) is 9.39. The molecule has 0 radical (unpaired) electrons. The van der Waals surface area contributed by atoms with Gasteiger partial charge in [0.05, 0.1) is 11.3 Å². The first-order valence-electron chi connectivity index (χ1n) is 9.39. The molecule has 0 spiro atoms. The quantitative estimate of drug-likeness (QED) is 0.592. The van der Waals surface area contributed by atoms with E-state index in [1.54, 1.807) is 0 Å². The zero-order valence-electron chi connectivity index (χ0n) is 16.0. The highest BCUT2D eigenvalue weighted by Gasteiger charge is 2.17. The number of carbonyl (C=O) groups excluding carboxylic acids is 1. The lowest BCUT2D eigenvalue weighted by Crippen LogP contribution is -2.28. The van der Waals surface area contributed by atoms with Crippen LogP contribution in [0.1, 0.15) is 22.3 Å². The van der Waals surface area contributed by atoms with E-state index in [1.807, 2.05) is 72.6 Å². The van der Waals surface area contributed by atoms with Crippen molar-refractivity contribution in [3.05, 3.63) is 83.9 Å². The van der Waals surface area contributed by atoms with Crippen molar-refractivity contribution < 1.29 is 9.90 Å². The second kappa shape index (κ2) is 9.67. The molecule has 0 atom stereocenters. The van der Waals surface area contributed by atoms with Gasteiger partial charge in [0.15, 0.2) is 0 Å². The highest BCUT2D eigenvalue weighted by molar-refractivity contribution is 5.99. The second-order valence-corrected chi connectivity index (χ2v) is 6.61. The smallest absolute Gasteiger partial charge is 0.255 e. The van der Waals surface area contributed by atoms with E-state index in [0.29, 0.717) is 30.9 Å². The van der Waals surface area contributed by atoms with Crippen LogP contribution < -0.4 is 10.2 Å². The van der Waals surface area contributed by atoms with Crippen LogP contribution in [0.2, 0.25) is 0 Å². The lowest BCUT2D eigenvalue weighted by atomic mass is 10.1. The molecule has 0 bridgehead atoms. The number of nitrogens with zero attached hydrogens (tertiary/aromatic N) is 2. The van der Waals surface area contributed by atoms with Crippen LogP contribution in [-0.4, -0.2) is 36.2 Å². The molecule has 0 fully saturated rings. The van der Waals surface area contributed by atoms with Crippen LogP contribution in [0.4, 0.5) is 5.82 Å². The van der Waals surface area contributed by atoms with Crippen molar-refractivity contribution in [2.75, 3.05) is 25.1 Å². The Morgan fingerprint density at radius 1 is 1.00 bits per heavy atom. The topological polar surface area (TPSA) is 65.5 Å². The number of aliphatic hydroxyl groups is 1. The number of hydrogen-bond donors (Lipinski definition) is 2. The molecule has 0 aliphatic carbocycles. The highest BCUT2D eigenvalue weighted by Crippen LogP contribution is 2.25. The fraction of sp³-hybridized carbons (Fsp3) is 0.217. The Hall–Kier alpha value is -3.18. The summed E-state index contributed by atoms with van der Waals surface area (Å²) in [6, 6.07) is 23.7. The first kappa shape index (κ1) is 19.6. The Labute approximate surface area is 165 Å². The molecule has 1 heterocycles. The molecule has 5 nitrogen and oxygen atoms in total. The molecule has 0 saturated carbocycles. The summed E-state index contributed by atoms with van der Waals surface area (Å²) in [5, 5.41) is 11.8. The molecule has 0 unspecified atom stereocenters. The van der Waals surface area contributed by atoms with Crippen LogP contribution in [0, 0.1) is 0 Å². The third-order valence-electron chi connectivity index (χ3n) is 4.43. The van der Waals surface area contributed by atoms with E-state index in [0.717, 1.165) is 16.8 Å². The Morgan fingerprint density at radius 2 is 1.68 bits per heavy atom. The maximum atomic E-state index is 12.7. The van der Waals surface area contributed by atoms with Gasteiger partial charge < -0.3 is 15.3 Å². The lowest BCUT2D eigenvalue weighted by Gasteiger charge is -2.22.